The van der Waals surface area contributed by atoms with Gasteiger partial charge in [0, 0.05) is 0 Å². The van der Waals surface area contributed by atoms with Gasteiger partial charge in [0.25, 0.3) is 0 Å². The number of halogens is 1. The van der Waals surface area contributed by atoms with Crippen LogP contribution in [-0.4, -0.2) is 17.2 Å². The van der Waals surface area contributed by atoms with Gasteiger partial charge in [-0.05, 0) is 56.3 Å². The number of hydrogen-bond donors (Lipinski definition) is 0. The molecule has 3 saturated carbocycles. The summed E-state index contributed by atoms with van der Waals surface area (Å²) in [6.07, 6.45) is 20.1. The van der Waals surface area contributed by atoms with Crippen molar-refractivity contribution in [1.82, 2.24) is 0 Å². The molecule has 31 heavy (non-hydrogen) atoms. The number of nitrogens with zero attached hydrogens (tertiary/aromatic N) is 1. The number of alkyl halides is 1. The van der Waals surface area contributed by atoms with Crippen molar-refractivity contribution in [3.63, 3.8) is 0 Å². The normalized spacial score (nSPS) is 34.5. The zero-order valence-corrected chi connectivity index (χ0v) is 23.9. The average molecular weight is 528 g/mol. The molecular weight excluding hydrogens is 483 g/mol. The summed E-state index contributed by atoms with van der Waals surface area (Å²) in [5.41, 5.74) is 0. The first-order valence-electron chi connectivity index (χ1n) is 12.9. The van der Waals surface area contributed by atoms with E-state index >= 15 is 0 Å². The molecule has 0 N–H and O–H groups in total. The van der Waals surface area contributed by atoms with Crippen molar-refractivity contribution >= 4 is 17.7 Å². The van der Waals surface area contributed by atoms with Crippen LogP contribution in [0.25, 0.3) is 5.32 Å². The fraction of sp³-hybridized carbons (Fsp3) is 0.962. The third-order valence-corrected chi connectivity index (χ3v) is 8.35. The van der Waals surface area contributed by atoms with Crippen molar-refractivity contribution < 1.29 is 42.2 Å². The second-order valence-corrected chi connectivity index (χ2v) is 12.1. The monoisotopic (exact) mass is 527 g/mol. The van der Waals surface area contributed by atoms with E-state index in [4.69, 9.17) is 16.3 Å². The van der Waals surface area contributed by atoms with Crippen molar-refractivity contribution in [3.8, 4) is 0 Å². The Balaban J connectivity index is 0.00000341. The molecule has 0 aromatic carbocycles. The number of carbonyl (C=O) groups excluding carboxylic acids is 1. The Kier molecular flexibility index (Phi) is 12.2. The molecule has 3 fully saturated rings. The number of carbonyl (C=O) groups is 1. The molecule has 174 valence electrons. The summed E-state index contributed by atoms with van der Waals surface area (Å²) < 4.78 is 5.12. The van der Waals surface area contributed by atoms with Gasteiger partial charge in [0.15, 0.2) is 5.06 Å². The van der Waals surface area contributed by atoms with Gasteiger partial charge in [0.05, 0.1) is 0 Å². The first-order chi connectivity index (χ1) is 14.3. The summed E-state index contributed by atoms with van der Waals surface area (Å²) >= 11 is 5.95. The summed E-state index contributed by atoms with van der Waals surface area (Å²) in [6.45, 7) is 5.71. The van der Waals surface area contributed by atoms with Gasteiger partial charge >= 0.3 is 32.7 Å². The number of ether oxygens (including phenoxy) is 1. The maximum atomic E-state index is 11.9. The Morgan fingerprint density at radius 1 is 0.774 bits per heavy atom. The van der Waals surface area contributed by atoms with Crippen LogP contribution in [0.5, 0.6) is 0 Å². The molecule has 0 radical (unpaired) electrons. The predicted octanol–water partition coefficient (Wildman–Crippen LogP) is 8.83. The van der Waals surface area contributed by atoms with Crippen molar-refractivity contribution in [2.24, 2.45) is 29.6 Å². The molecule has 0 heterocycles. The van der Waals surface area contributed by atoms with E-state index in [0.29, 0.717) is 0 Å². The van der Waals surface area contributed by atoms with Crippen LogP contribution < -0.4 is 0 Å². The summed E-state index contributed by atoms with van der Waals surface area (Å²) in [5, 5.41) is 3.27. The van der Waals surface area contributed by atoms with Crippen molar-refractivity contribution in [2.75, 3.05) is 0 Å². The van der Waals surface area contributed by atoms with Gasteiger partial charge in [-0.3, -0.25) is 4.79 Å². The molecule has 3 rings (SSSR count). The second kappa shape index (κ2) is 13.5. The van der Waals surface area contributed by atoms with Crippen molar-refractivity contribution in [2.45, 2.75) is 128 Å². The molecule has 1 amide bonds. The number of hydrogen-bond acceptors (Lipinski definition) is 2. The van der Waals surface area contributed by atoms with Gasteiger partial charge in [-0.25, -0.2) is 0 Å². The Bertz CT molecular complexity index is 514. The van der Waals surface area contributed by atoms with Crippen LogP contribution >= 0.6 is 11.6 Å². The van der Waals surface area contributed by atoms with Crippen LogP contribution in [0.4, 0.5) is 4.79 Å². The molecule has 0 unspecified atom stereocenters. The van der Waals surface area contributed by atoms with Gasteiger partial charge in [-0.1, -0.05) is 102 Å². The van der Waals surface area contributed by atoms with Gasteiger partial charge in [0.1, 0.15) is 0 Å². The van der Waals surface area contributed by atoms with E-state index < -0.39 is 11.2 Å². The first kappa shape index (κ1) is 27.9. The topological polar surface area (TPSA) is 40.4 Å². The van der Waals surface area contributed by atoms with Crippen LogP contribution in [0.3, 0.4) is 0 Å². The summed E-state index contributed by atoms with van der Waals surface area (Å²) in [7, 11) is 0. The second-order valence-electron chi connectivity index (χ2n) is 11.2. The average Bonchev–Trinajstić information content (AvgIpc) is 2.70. The van der Waals surface area contributed by atoms with Crippen LogP contribution in [0, 0.1) is 29.6 Å². The minimum absolute atomic E-state index is 0. The van der Waals surface area contributed by atoms with E-state index in [1.165, 1.54) is 83.5 Å². The quantitative estimate of drug-likeness (QED) is 0.310. The minimum Gasteiger partial charge on any atom is -0.615 e. The fourth-order valence-corrected chi connectivity index (χ4v) is 6.48. The summed E-state index contributed by atoms with van der Waals surface area (Å²) in [6, 6.07) is 0.131. The van der Waals surface area contributed by atoms with Crippen LogP contribution in [0.1, 0.15) is 117 Å². The molecule has 0 atom stereocenters. The molecular formula is C26H45ClNO2Y+2. The molecule has 5 heteroatoms. The Hall–Kier alpha value is 0.664. The number of amides is 1. The van der Waals surface area contributed by atoms with E-state index in [1.54, 1.807) is 13.8 Å². The Labute approximate surface area is 221 Å². The molecule has 0 aromatic heterocycles. The van der Waals surface area contributed by atoms with Crippen LogP contribution in [0.2, 0.25) is 0 Å². The van der Waals surface area contributed by atoms with Crippen LogP contribution in [0.15, 0.2) is 0 Å². The number of rotatable bonds is 7. The molecule has 0 spiro atoms. The van der Waals surface area contributed by atoms with Gasteiger partial charge in [-0.15, -0.1) is 6.04 Å². The van der Waals surface area contributed by atoms with E-state index in [-0.39, 0.29) is 38.8 Å². The van der Waals surface area contributed by atoms with Crippen molar-refractivity contribution in [3.05, 3.63) is 5.32 Å². The van der Waals surface area contributed by atoms with E-state index in [1.807, 2.05) is 0 Å². The maximum absolute atomic E-state index is 11.9. The molecule has 3 nitrogen and oxygen atoms in total. The van der Waals surface area contributed by atoms with Gasteiger partial charge < -0.3 is 10.1 Å². The van der Waals surface area contributed by atoms with Crippen LogP contribution in [-0.2, 0) is 37.4 Å². The Morgan fingerprint density at radius 3 is 1.48 bits per heavy atom. The SMILES string of the molecule is CCC1CCC(CC2CCC(CC3CCC([N-]C(=O)OC(C)(C)Cl)CC3)CC2)CC1.[Y+3]. The Morgan fingerprint density at radius 2 is 1.13 bits per heavy atom. The van der Waals surface area contributed by atoms with E-state index in [9.17, 15) is 4.79 Å². The van der Waals surface area contributed by atoms with E-state index in [2.05, 4.69) is 12.2 Å². The zero-order chi connectivity index (χ0) is 21.6. The third kappa shape index (κ3) is 10.2. The largest absolute Gasteiger partial charge is 3.00 e. The van der Waals surface area contributed by atoms with Crippen molar-refractivity contribution in [1.29, 1.82) is 0 Å². The zero-order valence-electron chi connectivity index (χ0n) is 20.3. The third-order valence-electron chi connectivity index (χ3n) is 8.28. The van der Waals surface area contributed by atoms with Gasteiger partial charge in [0.2, 0.25) is 6.09 Å². The fourth-order valence-electron chi connectivity index (χ4n) is 6.41. The first-order valence-corrected chi connectivity index (χ1v) is 13.3. The predicted molar refractivity (Wildman–Crippen MR) is 126 cm³/mol. The maximum Gasteiger partial charge on any atom is 3.00 e. The standard InChI is InChI=1S/C26H46ClNO2.Y/c1-4-19-5-7-20(8-6-19)17-21-9-11-22(12-10-21)18-23-13-15-24(16-14-23)28-25(29)30-26(2,3)27;/h19-24H,4-18H2,1-3H3,(H,28,29);/q;+3/p-1. The molecule has 0 aromatic rings. The smallest absolute Gasteiger partial charge is 0.615 e. The molecule has 3 aliphatic carbocycles. The molecule has 0 aliphatic heterocycles. The summed E-state index contributed by atoms with van der Waals surface area (Å²) in [4.78, 5) is 11.9. The van der Waals surface area contributed by atoms with Gasteiger partial charge in [-0.2, -0.15) is 0 Å². The summed E-state index contributed by atoms with van der Waals surface area (Å²) in [5.74, 6) is 4.85. The minimum atomic E-state index is -0.967. The molecule has 3 aliphatic rings. The molecule has 0 saturated heterocycles. The molecule has 0 bridgehead atoms. The van der Waals surface area contributed by atoms with E-state index in [0.717, 1.165) is 42.4 Å².